The van der Waals surface area contributed by atoms with Crippen molar-refractivity contribution in [2.24, 2.45) is 5.92 Å². The van der Waals surface area contributed by atoms with Crippen molar-refractivity contribution >= 4 is 29.3 Å². The number of ether oxygens (including phenoxy) is 2. The van der Waals surface area contributed by atoms with Crippen LogP contribution >= 0.6 is 11.6 Å². The van der Waals surface area contributed by atoms with Crippen molar-refractivity contribution in [3.63, 3.8) is 0 Å². The summed E-state index contributed by atoms with van der Waals surface area (Å²) in [4.78, 5) is 18.9. The van der Waals surface area contributed by atoms with Gasteiger partial charge < -0.3 is 20.1 Å². The third-order valence-electron chi connectivity index (χ3n) is 4.65. The lowest BCUT2D eigenvalue weighted by molar-refractivity contribution is -0.142. The minimum atomic E-state index is -5.01. The first-order valence-electron chi connectivity index (χ1n) is 9.55. The van der Waals surface area contributed by atoms with E-state index in [1.54, 1.807) is 0 Å². The van der Waals surface area contributed by atoms with Crippen molar-refractivity contribution in [2.75, 3.05) is 25.1 Å². The first-order chi connectivity index (χ1) is 15.4. The number of carbonyl (C=O) groups excluding carboxylic acids is 1. The number of nitrogens with zero attached hydrogens (tertiary/aromatic N) is 2. The standard InChI is InChI=1S/C19H17ClF6N4O3/c20-12-7-11(18(21,22)23)1-2-13(12)29-16-27-9-14(15(30-16)19(24,25)26)33-17(31)28-8-10-3-5-32-6-4-10/h1-2,7,9-10H,3-6,8H2,(H,28,31)(H,27,29,30). The van der Waals surface area contributed by atoms with Crippen LogP contribution in [-0.2, 0) is 17.1 Å². The lowest BCUT2D eigenvalue weighted by Crippen LogP contribution is -2.34. The monoisotopic (exact) mass is 498 g/mol. The zero-order valence-electron chi connectivity index (χ0n) is 16.7. The van der Waals surface area contributed by atoms with Crippen molar-refractivity contribution in [1.82, 2.24) is 15.3 Å². The summed E-state index contributed by atoms with van der Waals surface area (Å²) in [6.07, 6.45) is -8.74. The fraction of sp³-hybridized carbons (Fsp3) is 0.421. The lowest BCUT2D eigenvalue weighted by atomic mass is 10.0. The summed E-state index contributed by atoms with van der Waals surface area (Å²) < 4.78 is 88.5. The highest BCUT2D eigenvalue weighted by Gasteiger charge is 2.38. The fourth-order valence-corrected chi connectivity index (χ4v) is 3.16. The van der Waals surface area contributed by atoms with E-state index in [0.717, 1.165) is 6.07 Å². The van der Waals surface area contributed by atoms with E-state index < -0.39 is 46.4 Å². The van der Waals surface area contributed by atoms with Crippen LogP contribution in [0, 0.1) is 5.92 Å². The maximum absolute atomic E-state index is 13.5. The molecular formula is C19H17ClF6N4O3. The number of carbonyl (C=O) groups is 1. The lowest BCUT2D eigenvalue weighted by Gasteiger charge is -2.22. The highest BCUT2D eigenvalue weighted by atomic mass is 35.5. The largest absolute Gasteiger partial charge is 0.437 e. The minimum absolute atomic E-state index is 0.115. The van der Waals surface area contributed by atoms with Crippen LogP contribution in [0.4, 0.5) is 42.8 Å². The van der Waals surface area contributed by atoms with E-state index in [2.05, 4.69) is 20.6 Å². The van der Waals surface area contributed by atoms with Gasteiger partial charge in [-0.2, -0.15) is 26.3 Å². The molecule has 3 rings (SSSR count). The number of benzene rings is 1. The van der Waals surface area contributed by atoms with Gasteiger partial charge in [-0.3, -0.25) is 0 Å². The molecule has 7 nitrogen and oxygen atoms in total. The molecule has 0 radical (unpaired) electrons. The molecule has 180 valence electrons. The SMILES string of the molecule is O=C(NCC1CCOCC1)Oc1cnc(Nc2ccc(C(F)(F)F)cc2Cl)nc1C(F)(F)F. The highest BCUT2D eigenvalue weighted by molar-refractivity contribution is 6.33. The van der Waals surface area contributed by atoms with Crippen LogP contribution in [0.2, 0.25) is 5.02 Å². The molecule has 0 bridgehead atoms. The Kier molecular flexibility index (Phi) is 7.52. The van der Waals surface area contributed by atoms with Gasteiger partial charge in [0.1, 0.15) is 0 Å². The molecule has 1 saturated heterocycles. The van der Waals surface area contributed by atoms with Gasteiger partial charge in [-0.05, 0) is 37.0 Å². The summed E-state index contributed by atoms with van der Waals surface area (Å²) in [5, 5.41) is 4.31. The summed E-state index contributed by atoms with van der Waals surface area (Å²) in [5.74, 6) is -1.43. The Morgan fingerprint density at radius 3 is 2.45 bits per heavy atom. The number of rotatable bonds is 5. The molecule has 1 aromatic carbocycles. The normalized spacial score (nSPS) is 15.2. The molecule has 1 aliphatic heterocycles. The first-order valence-corrected chi connectivity index (χ1v) is 9.92. The number of hydrogen-bond donors (Lipinski definition) is 2. The zero-order chi connectivity index (χ0) is 24.2. The summed E-state index contributed by atoms with van der Waals surface area (Å²) in [5.41, 5.74) is -2.74. The summed E-state index contributed by atoms with van der Waals surface area (Å²) in [6.45, 7) is 1.27. The van der Waals surface area contributed by atoms with Crippen LogP contribution in [0.5, 0.6) is 5.75 Å². The van der Waals surface area contributed by atoms with Crippen LogP contribution in [0.1, 0.15) is 24.1 Å². The van der Waals surface area contributed by atoms with E-state index >= 15 is 0 Å². The van der Waals surface area contributed by atoms with Gasteiger partial charge in [0.25, 0.3) is 0 Å². The molecule has 1 amide bonds. The van der Waals surface area contributed by atoms with Crippen LogP contribution in [0.3, 0.4) is 0 Å². The van der Waals surface area contributed by atoms with Crippen LogP contribution in [-0.4, -0.2) is 35.8 Å². The summed E-state index contributed by atoms with van der Waals surface area (Å²) in [6, 6.07) is 2.23. The fourth-order valence-electron chi connectivity index (χ4n) is 2.94. The Hall–Kier alpha value is -2.80. The molecule has 2 N–H and O–H groups in total. The molecule has 0 saturated carbocycles. The molecular weight excluding hydrogens is 482 g/mol. The van der Waals surface area contributed by atoms with Crippen molar-refractivity contribution in [3.05, 3.63) is 40.7 Å². The minimum Gasteiger partial charge on any atom is -0.406 e. The Labute approximate surface area is 188 Å². The number of alkyl halides is 6. The molecule has 14 heteroatoms. The molecule has 2 aromatic rings. The molecule has 1 aromatic heterocycles. The number of amides is 1. The molecule has 0 spiro atoms. The molecule has 0 atom stereocenters. The van der Waals surface area contributed by atoms with Crippen molar-refractivity contribution in [1.29, 1.82) is 0 Å². The van der Waals surface area contributed by atoms with E-state index in [0.29, 0.717) is 44.4 Å². The Morgan fingerprint density at radius 2 is 1.85 bits per heavy atom. The maximum atomic E-state index is 13.5. The van der Waals surface area contributed by atoms with Crippen molar-refractivity contribution in [3.8, 4) is 5.75 Å². The number of nitrogens with one attached hydrogen (secondary N) is 2. The zero-order valence-corrected chi connectivity index (χ0v) is 17.4. The second-order valence-corrected chi connectivity index (χ2v) is 7.45. The van der Waals surface area contributed by atoms with Gasteiger partial charge in [0, 0.05) is 19.8 Å². The van der Waals surface area contributed by atoms with Gasteiger partial charge in [-0.25, -0.2) is 14.8 Å². The quantitative estimate of drug-likeness (QED) is 0.535. The predicted octanol–water partition coefficient (Wildman–Crippen LogP) is 5.43. The van der Waals surface area contributed by atoms with Crippen molar-refractivity contribution < 1.29 is 40.6 Å². The molecule has 0 unspecified atom stereocenters. The Bertz CT molecular complexity index is 996. The van der Waals surface area contributed by atoms with E-state index in [9.17, 15) is 31.1 Å². The average molecular weight is 499 g/mol. The van der Waals surface area contributed by atoms with Crippen LogP contribution in [0.15, 0.2) is 24.4 Å². The van der Waals surface area contributed by atoms with E-state index in [1.807, 2.05) is 0 Å². The summed E-state index contributed by atoms with van der Waals surface area (Å²) in [7, 11) is 0. The predicted molar refractivity (Wildman–Crippen MR) is 104 cm³/mol. The van der Waals surface area contributed by atoms with Gasteiger partial charge in [-0.1, -0.05) is 11.6 Å². The Balaban J connectivity index is 1.73. The number of anilines is 2. The van der Waals surface area contributed by atoms with E-state index in [-0.39, 0.29) is 18.2 Å². The molecule has 2 heterocycles. The second-order valence-electron chi connectivity index (χ2n) is 7.05. The average Bonchev–Trinajstić information content (AvgIpc) is 2.74. The van der Waals surface area contributed by atoms with E-state index in [1.165, 1.54) is 0 Å². The maximum Gasteiger partial charge on any atom is 0.437 e. The smallest absolute Gasteiger partial charge is 0.406 e. The van der Waals surface area contributed by atoms with Crippen molar-refractivity contribution in [2.45, 2.75) is 25.2 Å². The molecule has 1 fully saturated rings. The molecule has 1 aliphatic rings. The Morgan fingerprint density at radius 1 is 1.15 bits per heavy atom. The van der Waals surface area contributed by atoms with Gasteiger partial charge in [0.2, 0.25) is 5.95 Å². The third-order valence-corrected chi connectivity index (χ3v) is 4.96. The van der Waals surface area contributed by atoms with E-state index in [4.69, 9.17) is 21.1 Å². The van der Waals surface area contributed by atoms with Crippen LogP contribution < -0.4 is 15.4 Å². The van der Waals surface area contributed by atoms with Gasteiger partial charge in [0.15, 0.2) is 11.4 Å². The van der Waals surface area contributed by atoms with Gasteiger partial charge in [0.05, 0.1) is 22.5 Å². The highest BCUT2D eigenvalue weighted by Crippen LogP contribution is 2.37. The molecule has 33 heavy (non-hydrogen) atoms. The van der Waals surface area contributed by atoms with Crippen LogP contribution in [0.25, 0.3) is 0 Å². The molecule has 0 aliphatic carbocycles. The number of hydrogen-bond acceptors (Lipinski definition) is 6. The second kappa shape index (κ2) is 10.00. The number of halogens is 7. The number of aromatic nitrogens is 2. The third kappa shape index (κ3) is 6.84. The topological polar surface area (TPSA) is 85.4 Å². The first kappa shape index (κ1) is 24.8. The summed E-state index contributed by atoms with van der Waals surface area (Å²) >= 11 is 5.79. The van der Waals surface area contributed by atoms with Gasteiger partial charge in [-0.15, -0.1) is 0 Å². The van der Waals surface area contributed by atoms with Gasteiger partial charge >= 0.3 is 18.4 Å².